The van der Waals surface area contributed by atoms with Gasteiger partial charge < -0.3 is 15.6 Å². The van der Waals surface area contributed by atoms with Gasteiger partial charge in [0.15, 0.2) is 5.82 Å². The number of hydrogen-bond donors (Lipinski definition) is 2. The molecule has 5 rings (SSSR count). The minimum atomic E-state index is -0.114. The molecule has 3 heterocycles. The SMILES string of the molecule is CN=CC(C=N)c1ccc(-c2c3c(nn2C)CC/C2=C/N=C(Nc4ccn(CCN(C)C)n4)CCC(C)=C23)cc1. The van der Waals surface area contributed by atoms with Gasteiger partial charge in [-0.3, -0.25) is 14.4 Å². The third-order valence-corrected chi connectivity index (χ3v) is 7.61. The average Bonchev–Trinajstić information content (AvgIpc) is 3.53. The molecule has 0 saturated heterocycles. The molecule has 0 spiro atoms. The molecule has 1 aromatic carbocycles. The first-order valence-corrected chi connectivity index (χ1v) is 13.9. The average molecular weight is 538 g/mol. The Hall–Kier alpha value is -4.11. The summed E-state index contributed by atoms with van der Waals surface area (Å²) in [5.41, 5.74) is 9.59. The second-order valence-corrected chi connectivity index (χ2v) is 10.8. The van der Waals surface area contributed by atoms with Gasteiger partial charge in [0, 0.05) is 69.1 Å². The summed E-state index contributed by atoms with van der Waals surface area (Å²) in [7, 11) is 7.92. The number of anilines is 1. The van der Waals surface area contributed by atoms with Crippen LogP contribution in [-0.2, 0) is 20.0 Å². The fraction of sp³-hybridized carbons (Fsp3) is 0.387. The number of aryl methyl sites for hydroxylation is 2. The second-order valence-electron chi connectivity index (χ2n) is 10.8. The largest absolute Gasteiger partial charge is 0.327 e. The summed E-state index contributed by atoms with van der Waals surface area (Å²) in [6.45, 7) is 4.04. The summed E-state index contributed by atoms with van der Waals surface area (Å²) in [6.07, 6.45) is 10.8. The molecule has 1 aliphatic carbocycles. The van der Waals surface area contributed by atoms with E-state index in [1.54, 1.807) is 13.3 Å². The number of amidine groups is 1. The quantitative estimate of drug-likeness (QED) is 0.387. The summed E-state index contributed by atoms with van der Waals surface area (Å²) < 4.78 is 3.99. The Morgan fingerprint density at radius 2 is 1.90 bits per heavy atom. The molecule has 2 aromatic heterocycles. The van der Waals surface area contributed by atoms with E-state index in [-0.39, 0.29) is 5.92 Å². The fourth-order valence-electron chi connectivity index (χ4n) is 5.50. The molecule has 1 unspecified atom stereocenters. The van der Waals surface area contributed by atoms with E-state index < -0.39 is 0 Å². The number of nitrogens with one attached hydrogen (secondary N) is 2. The number of nitrogens with zero attached hydrogens (tertiary/aromatic N) is 7. The van der Waals surface area contributed by atoms with E-state index in [1.165, 1.54) is 28.5 Å². The summed E-state index contributed by atoms with van der Waals surface area (Å²) in [5, 5.41) is 20.8. The predicted octanol–water partition coefficient (Wildman–Crippen LogP) is 5.19. The van der Waals surface area contributed by atoms with Crippen molar-refractivity contribution < 1.29 is 0 Å². The van der Waals surface area contributed by atoms with Gasteiger partial charge in [-0.1, -0.05) is 29.8 Å². The van der Waals surface area contributed by atoms with Crippen LogP contribution in [0.5, 0.6) is 0 Å². The van der Waals surface area contributed by atoms with Crippen LogP contribution < -0.4 is 5.32 Å². The van der Waals surface area contributed by atoms with Gasteiger partial charge in [-0.25, -0.2) is 4.99 Å². The van der Waals surface area contributed by atoms with Crippen molar-refractivity contribution in [1.29, 1.82) is 5.41 Å². The number of rotatable bonds is 8. The number of benzene rings is 1. The smallest absolute Gasteiger partial charge is 0.153 e. The van der Waals surface area contributed by atoms with Gasteiger partial charge in [0.2, 0.25) is 0 Å². The summed E-state index contributed by atoms with van der Waals surface area (Å²) in [5.74, 6) is 1.66. The molecule has 0 bridgehead atoms. The topological polar surface area (TPSA) is 99.5 Å². The van der Waals surface area contributed by atoms with Crippen LogP contribution in [0.4, 0.5) is 5.82 Å². The van der Waals surface area contributed by atoms with Crippen molar-refractivity contribution in [3.05, 3.63) is 70.7 Å². The molecule has 0 amide bonds. The van der Waals surface area contributed by atoms with Gasteiger partial charge in [0.25, 0.3) is 0 Å². The van der Waals surface area contributed by atoms with Gasteiger partial charge >= 0.3 is 0 Å². The molecule has 3 aromatic rings. The summed E-state index contributed by atoms with van der Waals surface area (Å²) >= 11 is 0. The van der Waals surface area contributed by atoms with E-state index in [1.807, 2.05) is 34.9 Å². The van der Waals surface area contributed by atoms with E-state index in [9.17, 15) is 0 Å². The molecule has 2 aliphatic rings. The van der Waals surface area contributed by atoms with E-state index in [0.717, 1.165) is 72.9 Å². The monoisotopic (exact) mass is 537 g/mol. The lowest BCUT2D eigenvalue weighted by atomic mass is 9.81. The van der Waals surface area contributed by atoms with Crippen molar-refractivity contribution in [2.45, 2.75) is 45.1 Å². The number of aliphatic imine (C=N–C) groups is 2. The van der Waals surface area contributed by atoms with Crippen LogP contribution in [0.2, 0.25) is 0 Å². The van der Waals surface area contributed by atoms with Crippen molar-refractivity contribution in [2.24, 2.45) is 17.0 Å². The molecule has 2 N–H and O–H groups in total. The summed E-state index contributed by atoms with van der Waals surface area (Å²) in [4.78, 5) is 11.2. The maximum atomic E-state index is 7.76. The molecule has 0 radical (unpaired) electrons. The number of aromatic nitrogens is 4. The molecule has 0 saturated carbocycles. The predicted molar refractivity (Wildman–Crippen MR) is 165 cm³/mol. The zero-order chi connectivity index (χ0) is 28.2. The number of likely N-dealkylation sites (N-methyl/N-ethyl adjacent to an activating group) is 1. The van der Waals surface area contributed by atoms with Gasteiger partial charge in [-0.15, -0.1) is 0 Å². The zero-order valence-corrected chi connectivity index (χ0v) is 24.1. The Bertz CT molecular complexity index is 1500. The number of hydrogen-bond acceptors (Lipinski definition) is 7. The number of allylic oxidation sites excluding steroid dienone is 3. The van der Waals surface area contributed by atoms with Crippen LogP contribution >= 0.6 is 0 Å². The van der Waals surface area contributed by atoms with Crippen LogP contribution in [0.3, 0.4) is 0 Å². The maximum absolute atomic E-state index is 7.76. The van der Waals surface area contributed by atoms with E-state index in [0.29, 0.717) is 0 Å². The van der Waals surface area contributed by atoms with Crippen LogP contribution in [-0.4, -0.2) is 70.4 Å². The van der Waals surface area contributed by atoms with Crippen molar-refractivity contribution >= 4 is 29.7 Å². The van der Waals surface area contributed by atoms with E-state index >= 15 is 0 Å². The molecule has 208 valence electrons. The van der Waals surface area contributed by atoms with Crippen molar-refractivity contribution in [2.75, 3.05) is 33.0 Å². The highest BCUT2D eigenvalue weighted by atomic mass is 15.3. The first-order valence-electron chi connectivity index (χ1n) is 13.9. The minimum Gasteiger partial charge on any atom is -0.327 e. The molecule has 40 heavy (non-hydrogen) atoms. The van der Waals surface area contributed by atoms with Gasteiger partial charge in [0.1, 0.15) is 5.84 Å². The molecule has 1 aliphatic heterocycles. The van der Waals surface area contributed by atoms with Crippen LogP contribution in [0.1, 0.15) is 48.9 Å². The molecule has 9 heteroatoms. The number of fused-ring (bicyclic) bond motifs is 3. The Kier molecular flexibility index (Phi) is 8.21. The third kappa shape index (κ3) is 5.74. The van der Waals surface area contributed by atoms with Gasteiger partial charge in [-0.05, 0) is 57.0 Å². The molecular formula is C31H39N9. The van der Waals surface area contributed by atoms with Gasteiger partial charge in [-0.2, -0.15) is 10.2 Å². The highest BCUT2D eigenvalue weighted by Gasteiger charge is 2.29. The normalized spacial score (nSPS) is 17.6. The lowest BCUT2D eigenvalue weighted by Gasteiger charge is -2.24. The van der Waals surface area contributed by atoms with Crippen LogP contribution in [0.25, 0.3) is 16.8 Å². The maximum Gasteiger partial charge on any atom is 0.153 e. The molecule has 9 nitrogen and oxygen atoms in total. The van der Waals surface area contributed by atoms with Crippen LogP contribution in [0, 0.1) is 5.41 Å². The molecule has 0 fully saturated rings. The summed E-state index contributed by atoms with van der Waals surface area (Å²) in [6, 6.07) is 10.5. The lowest BCUT2D eigenvalue weighted by molar-refractivity contribution is 0.373. The van der Waals surface area contributed by atoms with E-state index in [4.69, 9.17) is 15.5 Å². The van der Waals surface area contributed by atoms with Crippen molar-refractivity contribution in [3.63, 3.8) is 0 Å². The Balaban J connectivity index is 1.43. The first-order chi connectivity index (χ1) is 19.4. The fourth-order valence-corrected chi connectivity index (χ4v) is 5.50. The van der Waals surface area contributed by atoms with Gasteiger partial charge in [0.05, 0.1) is 23.9 Å². The molecular weight excluding hydrogens is 498 g/mol. The Morgan fingerprint density at radius 3 is 2.62 bits per heavy atom. The second kappa shape index (κ2) is 12.0. The standard InChI is InChI=1S/C31H39N9/c1-21-6-13-27(35-28-14-15-40(37-28)17-16-38(3)4)34-20-24-11-12-26-30(29(21)24)31(39(5)36-26)23-9-7-22(8-10-23)25(18-32)19-33-2/h7-10,14-15,18-20,25,32H,6,11-13,16-17H2,1-5H3,(H,34,35,37)/b24-20-,29-21?,32-18?,33-19?. The molecule has 1 atom stereocenters. The first kappa shape index (κ1) is 27.5. The van der Waals surface area contributed by atoms with E-state index in [2.05, 4.69) is 65.6 Å². The van der Waals surface area contributed by atoms with Crippen molar-refractivity contribution in [3.8, 4) is 11.3 Å². The van der Waals surface area contributed by atoms with Crippen LogP contribution in [0.15, 0.2) is 63.9 Å². The zero-order valence-electron chi connectivity index (χ0n) is 24.1. The highest BCUT2D eigenvalue weighted by molar-refractivity contribution is 5.97. The van der Waals surface area contributed by atoms with Crippen molar-refractivity contribution in [1.82, 2.24) is 24.5 Å². The Morgan fingerprint density at radius 1 is 1.10 bits per heavy atom. The third-order valence-electron chi connectivity index (χ3n) is 7.61. The minimum absolute atomic E-state index is 0.114. The highest BCUT2D eigenvalue weighted by Crippen LogP contribution is 2.43. The Labute approximate surface area is 236 Å². The lowest BCUT2D eigenvalue weighted by Crippen LogP contribution is -2.19.